The van der Waals surface area contributed by atoms with E-state index in [9.17, 15) is 10.2 Å². The van der Waals surface area contributed by atoms with E-state index in [1.165, 1.54) is 0 Å². The monoisotopic (exact) mass is 526 g/mol. The summed E-state index contributed by atoms with van der Waals surface area (Å²) < 4.78 is 18.5. The average molecular weight is 527 g/mol. The number of benzene rings is 3. The Hall–Kier alpha value is -2.06. The van der Waals surface area contributed by atoms with Gasteiger partial charge < -0.3 is 24.4 Å². The highest BCUT2D eigenvalue weighted by Gasteiger charge is 2.46. The van der Waals surface area contributed by atoms with Gasteiger partial charge in [-0.05, 0) is 30.5 Å². The number of ether oxygens (including phenoxy) is 3. The molecule has 1 unspecified atom stereocenters. The first-order chi connectivity index (χ1) is 16.4. The molecule has 1 aliphatic rings. The molecule has 1 saturated heterocycles. The van der Waals surface area contributed by atoms with Gasteiger partial charge in [0, 0.05) is 0 Å². The summed E-state index contributed by atoms with van der Waals surface area (Å²) in [7, 11) is 0. The van der Waals surface area contributed by atoms with Crippen molar-refractivity contribution in [2.45, 2.75) is 55.0 Å². The summed E-state index contributed by atoms with van der Waals surface area (Å²) in [6, 6.07) is 30.2. The Morgan fingerprint density at radius 2 is 1.26 bits per heavy atom. The molecule has 3 aromatic carbocycles. The van der Waals surface area contributed by atoms with Gasteiger partial charge in [-0.3, -0.25) is 0 Å². The van der Waals surface area contributed by atoms with Crippen LogP contribution < -0.4 is 0 Å². The maximum atomic E-state index is 10.5. The fraction of sp³-hybridized carbons (Fsp3) is 0.357. The largest absolute Gasteiger partial charge is 0.385 e. The molecule has 0 spiro atoms. The lowest BCUT2D eigenvalue weighted by Gasteiger charge is -2.43. The van der Waals surface area contributed by atoms with Crippen molar-refractivity contribution in [3.63, 3.8) is 0 Å². The first-order valence-electron chi connectivity index (χ1n) is 11.5. The van der Waals surface area contributed by atoms with E-state index >= 15 is 0 Å². The van der Waals surface area contributed by atoms with E-state index in [0.29, 0.717) is 0 Å². The maximum absolute atomic E-state index is 10.5. The van der Waals surface area contributed by atoms with Gasteiger partial charge in [-0.1, -0.05) is 107 Å². The molecule has 1 aliphatic heterocycles. The predicted molar refractivity (Wildman–Crippen MR) is 135 cm³/mol. The molecule has 2 N–H and O–H groups in total. The molecule has 0 radical (unpaired) electrons. The molecular weight excluding hydrogens is 496 g/mol. The van der Waals surface area contributed by atoms with Gasteiger partial charge in [0.2, 0.25) is 0 Å². The van der Waals surface area contributed by atoms with Crippen molar-refractivity contribution in [3.05, 3.63) is 108 Å². The Morgan fingerprint density at radius 3 is 1.68 bits per heavy atom. The van der Waals surface area contributed by atoms with Crippen molar-refractivity contribution < 1.29 is 24.4 Å². The van der Waals surface area contributed by atoms with E-state index in [0.717, 1.165) is 16.7 Å². The number of aliphatic hydroxyl groups is 2. The molecule has 4 rings (SSSR count). The third kappa shape index (κ3) is 5.13. The smallest absolute Gasteiger partial charge is 0.183 e. The summed E-state index contributed by atoms with van der Waals surface area (Å²) in [5, 5.41) is 20.9. The van der Waals surface area contributed by atoms with Gasteiger partial charge in [0.25, 0.3) is 0 Å². The summed E-state index contributed by atoms with van der Waals surface area (Å²) in [5.41, 5.74) is 2.02. The minimum absolute atomic E-state index is 0.122. The van der Waals surface area contributed by atoms with Crippen LogP contribution in [0.5, 0.6) is 0 Å². The lowest BCUT2D eigenvalue weighted by Crippen LogP contribution is -2.58. The highest BCUT2D eigenvalue weighted by Crippen LogP contribution is 2.41. The van der Waals surface area contributed by atoms with E-state index in [4.69, 9.17) is 14.2 Å². The second-order valence-corrected chi connectivity index (χ2v) is 9.80. The molecule has 0 bridgehead atoms. The standard InChI is InChI=1S/C28H31BrO5/c1-19(2)33-26-24(29)23(34-27(31)25(26)30)18-32-28(20-12-6-3-7-13-20,21-14-8-4-9-15-21)22-16-10-5-11-17-22/h3-17,19,23-27,30-31H,18H2,1-2H3/t23-,24-,25?,26+,27+/m0/s1. The minimum Gasteiger partial charge on any atom is -0.385 e. The van der Waals surface area contributed by atoms with Crippen LogP contribution in [0.3, 0.4) is 0 Å². The predicted octanol–water partition coefficient (Wildman–Crippen LogP) is 4.63. The van der Waals surface area contributed by atoms with Crippen molar-refractivity contribution in [2.75, 3.05) is 6.61 Å². The number of hydrogen-bond acceptors (Lipinski definition) is 5. The first-order valence-corrected chi connectivity index (χ1v) is 12.5. The van der Waals surface area contributed by atoms with E-state index < -0.39 is 30.2 Å². The molecule has 0 aromatic heterocycles. The number of halogens is 1. The highest BCUT2D eigenvalue weighted by molar-refractivity contribution is 9.09. The van der Waals surface area contributed by atoms with E-state index in [1.807, 2.05) is 68.4 Å². The van der Waals surface area contributed by atoms with Crippen LogP contribution in [-0.4, -0.2) is 52.4 Å². The quantitative estimate of drug-likeness (QED) is 0.330. The molecule has 1 fully saturated rings. The zero-order valence-corrected chi connectivity index (χ0v) is 20.9. The molecule has 6 heteroatoms. The molecule has 34 heavy (non-hydrogen) atoms. The van der Waals surface area contributed by atoms with Crippen LogP contribution in [0, 0.1) is 0 Å². The van der Waals surface area contributed by atoms with Crippen LogP contribution in [0.2, 0.25) is 0 Å². The molecular formula is C28H31BrO5. The third-order valence-corrected chi connectivity index (χ3v) is 7.16. The zero-order valence-electron chi connectivity index (χ0n) is 19.3. The van der Waals surface area contributed by atoms with Crippen molar-refractivity contribution in [1.29, 1.82) is 0 Å². The average Bonchev–Trinajstić information content (AvgIpc) is 2.87. The Balaban J connectivity index is 1.74. The second-order valence-electron chi connectivity index (χ2n) is 8.74. The van der Waals surface area contributed by atoms with Gasteiger partial charge in [-0.15, -0.1) is 0 Å². The SMILES string of the molecule is CC(C)O[C@H]1C(O)[C@H](O)O[C@@H](COC(c2ccccc2)(c2ccccc2)c2ccccc2)[C@@H]1Br. The normalized spacial score (nSPS) is 25.4. The van der Waals surface area contributed by atoms with Gasteiger partial charge >= 0.3 is 0 Å². The Kier molecular flexibility index (Phi) is 8.19. The molecule has 180 valence electrons. The minimum atomic E-state index is -1.37. The van der Waals surface area contributed by atoms with Crippen molar-refractivity contribution in [3.8, 4) is 0 Å². The lowest BCUT2D eigenvalue weighted by molar-refractivity contribution is -0.264. The van der Waals surface area contributed by atoms with Crippen LogP contribution in [0.15, 0.2) is 91.0 Å². The lowest BCUT2D eigenvalue weighted by atomic mass is 9.80. The van der Waals surface area contributed by atoms with Crippen LogP contribution in [0.4, 0.5) is 0 Å². The number of alkyl halides is 1. The van der Waals surface area contributed by atoms with Gasteiger partial charge in [-0.2, -0.15) is 0 Å². The van der Waals surface area contributed by atoms with E-state index in [1.54, 1.807) is 0 Å². The highest BCUT2D eigenvalue weighted by atomic mass is 79.9. The molecule has 0 aliphatic carbocycles. The Labute approximate surface area is 209 Å². The fourth-order valence-corrected chi connectivity index (χ4v) is 5.19. The van der Waals surface area contributed by atoms with Gasteiger partial charge in [-0.25, -0.2) is 0 Å². The second kappa shape index (κ2) is 11.1. The zero-order chi connectivity index (χ0) is 24.1. The van der Waals surface area contributed by atoms with Crippen molar-refractivity contribution in [2.24, 2.45) is 0 Å². The molecule has 5 nitrogen and oxygen atoms in total. The van der Waals surface area contributed by atoms with Crippen molar-refractivity contribution in [1.82, 2.24) is 0 Å². The van der Waals surface area contributed by atoms with Crippen LogP contribution in [-0.2, 0) is 19.8 Å². The molecule has 0 saturated carbocycles. The Morgan fingerprint density at radius 1 is 0.824 bits per heavy atom. The summed E-state index contributed by atoms with van der Waals surface area (Å²) >= 11 is 3.65. The third-order valence-electron chi connectivity index (χ3n) is 6.05. The van der Waals surface area contributed by atoms with Crippen LogP contribution >= 0.6 is 15.9 Å². The van der Waals surface area contributed by atoms with Crippen LogP contribution in [0.1, 0.15) is 30.5 Å². The summed E-state index contributed by atoms with van der Waals surface area (Å²) in [4.78, 5) is -0.381. The topological polar surface area (TPSA) is 68.2 Å². The molecule has 1 heterocycles. The van der Waals surface area contributed by atoms with E-state index in [-0.39, 0.29) is 17.5 Å². The molecule has 5 atom stereocenters. The van der Waals surface area contributed by atoms with Crippen molar-refractivity contribution >= 4 is 15.9 Å². The first kappa shape index (κ1) is 25.0. The number of hydrogen-bond donors (Lipinski definition) is 2. The summed E-state index contributed by atoms with van der Waals surface area (Å²) in [6.07, 6.45) is -3.85. The molecule has 3 aromatic rings. The van der Waals surface area contributed by atoms with Crippen LogP contribution in [0.25, 0.3) is 0 Å². The van der Waals surface area contributed by atoms with Gasteiger partial charge in [0.15, 0.2) is 6.29 Å². The summed E-state index contributed by atoms with van der Waals surface area (Å²) in [5.74, 6) is 0. The van der Waals surface area contributed by atoms with Gasteiger partial charge in [0.1, 0.15) is 17.8 Å². The summed E-state index contributed by atoms with van der Waals surface area (Å²) in [6.45, 7) is 3.94. The Bertz CT molecular complexity index is 918. The number of aliphatic hydroxyl groups excluding tert-OH is 2. The van der Waals surface area contributed by atoms with Gasteiger partial charge in [0.05, 0.1) is 23.6 Å². The number of rotatable bonds is 8. The molecule has 0 amide bonds. The fourth-order valence-electron chi connectivity index (χ4n) is 4.47. The maximum Gasteiger partial charge on any atom is 0.183 e. The van der Waals surface area contributed by atoms with E-state index in [2.05, 4.69) is 52.3 Å².